The smallest absolute Gasteiger partial charge is 0.256 e. The van der Waals surface area contributed by atoms with Crippen LogP contribution >= 0.6 is 11.3 Å². The van der Waals surface area contributed by atoms with Crippen LogP contribution in [0.15, 0.2) is 24.3 Å². The first-order valence-electron chi connectivity index (χ1n) is 7.89. The van der Waals surface area contributed by atoms with Gasteiger partial charge in [-0.05, 0) is 24.6 Å². The Hall–Kier alpha value is -2.05. The minimum Gasteiger partial charge on any atom is -0.508 e. The standard InChI is InChI=1S/C17H19N3O2S/c1-2-20-8-7-11-13(9-20)23-17-14(11)16(22)18-15(19-17)10-5-3-4-6-12(10)21/h3-6,15,19,21H,2,7-9H2,1H3,(H,18,22). The number of phenolic OH excluding ortho intramolecular Hbond substituents is 1. The number of carbonyl (C=O) groups excluding carboxylic acids is 1. The van der Waals surface area contributed by atoms with Gasteiger partial charge in [-0.25, -0.2) is 0 Å². The molecule has 0 saturated heterocycles. The molecule has 0 spiro atoms. The van der Waals surface area contributed by atoms with Gasteiger partial charge in [0.05, 0.1) is 5.56 Å². The summed E-state index contributed by atoms with van der Waals surface area (Å²) in [7, 11) is 0. The Morgan fingerprint density at radius 1 is 1.35 bits per heavy atom. The Labute approximate surface area is 138 Å². The maximum Gasteiger partial charge on any atom is 0.256 e. The molecule has 0 radical (unpaired) electrons. The molecule has 3 heterocycles. The quantitative estimate of drug-likeness (QED) is 0.793. The molecule has 120 valence electrons. The van der Waals surface area contributed by atoms with Crippen LogP contribution in [0.25, 0.3) is 0 Å². The molecule has 2 aliphatic rings. The maximum atomic E-state index is 12.6. The molecule has 1 aromatic heterocycles. The van der Waals surface area contributed by atoms with E-state index in [1.54, 1.807) is 23.5 Å². The summed E-state index contributed by atoms with van der Waals surface area (Å²) in [5.41, 5.74) is 2.68. The summed E-state index contributed by atoms with van der Waals surface area (Å²) >= 11 is 1.67. The lowest BCUT2D eigenvalue weighted by Gasteiger charge is -2.28. The summed E-state index contributed by atoms with van der Waals surface area (Å²) in [5.74, 6) is 0.140. The molecule has 1 amide bonds. The van der Waals surface area contributed by atoms with E-state index in [4.69, 9.17) is 0 Å². The number of benzene rings is 1. The number of nitrogens with zero attached hydrogens (tertiary/aromatic N) is 1. The summed E-state index contributed by atoms with van der Waals surface area (Å²) in [6, 6.07) is 7.09. The second-order valence-corrected chi connectivity index (χ2v) is 7.04. The summed E-state index contributed by atoms with van der Waals surface area (Å²) in [5, 5.41) is 17.3. The number of thiophene rings is 1. The number of nitrogens with one attached hydrogen (secondary N) is 2. The summed E-state index contributed by atoms with van der Waals surface area (Å²) in [4.78, 5) is 16.3. The number of amides is 1. The SMILES string of the molecule is CCN1CCc2c(sc3c2C(=O)NC(c2ccccc2O)N3)C1. The van der Waals surface area contributed by atoms with Crippen molar-refractivity contribution < 1.29 is 9.90 Å². The first-order chi connectivity index (χ1) is 11.2. The van der Waals surface area contributed by atoms with E-state index >= 15 is 0 Å². The molecule has 23 heavy (non-hydrogen) atoms. The van der Waals surface area contributed by atoms with Crippen LogP contribution in [0, 0.1) is 0 Å². The van der Waals surface area contributed by atoms with Gasteiger partial charge in [0.25, 0.3) is 5.91 Å². The molecule has 4 rings (SSSR count). The van der Waals surface area contributed by atoms with Crippen molar-refractivity contribution in [1.82, 2.24) is 10.2 Å². The number of hydrogen-bond donors (Lipinski definition) is 3. The summed E-state index contributed by atoms with van der Waals surface area (Å²) in [6.07, 6.45) is 0.532. The van der Waals surface area contributed by atoms with Crippen LogP contribution in [0.2, 0.25) is 0 Å². The van der Waals surface area contributed by atoms with Gasteiger partial charge in [-0.3, -0.25) is 9.69 Å². The monoisotopic (exact) mass is 329 g/mol. The van der Waals surface area contributed by atoms with Crippen LogP contribution in [0.1, 0.15) is 39.5 Å². The number of para-hydroxylation sites is 1. The molecular weight excluding hydrogens is 310 g/mol. The fourth-order valence-electron chi connectivity index (χ4n) is 3.33. The van der Waals surface area contributed by atoms with E-state index in [1.807, 2.05) is 12.1 Å². The normalized spacial score (nSPS) is 20.4. The third-order valence-electron chi connectivity index (χ3n) is 4.61. The zero-order chi connectivity index (χ0) is 16.0. The van der Waals surface area contributed by atoms with E-state index in [1.165, 1.54) is 10.4 Å². The molecule has 2 aromatic rings. The van der Waals surface area contributed by atoms with Crippen molar-refractivity contribution in [3.63, 3.8) is 0 Å². The van der Waals surface area contributed by atoms with Gasteiger partial charge in [0.1, 0.15) is 16.9 Å². The van der Waals surface area contributed by atoms with Crippen LogP contribution in [0.5, 0.6) is 5.75 Å². The zero-order valence-electron chi connectivity index (χ0n) is 12.9. The summed E-state index contributed by atoms with van der Waals surface area (Å²) < 4.78 is 0. The number of likely N-dealkylation sites (N-methyl/N-ethyl adjacent to an activating group) is 1. The average molecular weight is 329 g/mol. The molecule has 0 bridgehead atoms. The number of phenols is 1. The lowest BCUT2D eigenvalue weighted by molar-refractivity contribution is 0.0934. The van der Waals surface area contributed by atoms with Crippen molar-refractivity contribution in [3.05, 3.63) is 45.8 Å². The van der Waals surface area contributed by atoms with Crippen LogP contribution in [-0.2, 0) is 13.0 Å². The molecule has 1 unspecified atom stereocenters. The van der Waals surface area contributed by atoms with Crippen LogP contribution in [0.3, 0.4) is 0 Å². The number of rotatable bonds is 2. The lowest BCUT2D eigenvalue weighted by atomic mass is 10.00. The molecule has 2 aliphatic heterocycles. The molecule has 0 aliphatic carbocycles. The van der Waals surface area contributed by atoms with Crippen LogP contribution in [0.4, 0.5) is 5.00 Å². The van der Waals surface area contributed by atoms with E-state index in [2.05, 4.69) is 22.5 Å². The largest absolute Gasteiger partial charge is 0.508 e. The predicted molar refractivity (Wildman–Crippen MR) is 90.9 cm³/mol. The number of aromatic hydroxyl groups is 1. The average Bonchev–Trinajstić information content (AvgIpc) is 2.92. The fraction of sp³-hybridized carbons (Fsp3) is 0.353. The van der Waals surface area contributed by atoms with Crippen molar-refractivity contribution in [2.24, 2.45) is 0 Å². The highest BCUT2D eigenvalue weighted by atomic mass is 32.1. The van der Waals surface area contributed by atoms with Crippen LogP contribution in [-0.4, -0.2) is 29.0 Å². The fourth-order valence-corrected chi connectivity index (χ4v) is 4.64. The van der Waals surface area contributed by atoms with Gasteiger partial charge in [-0.1, -0.05) is 25.1 Å². The third kappa shape index (κ3) is 2.38. The molecule has 3 N–H and O–H groups in total. The zero-order valence-corrected chi connectivity index (χ0v) is 13.7. The molecular formula is C17H19N3O2S. The second-order valence-electron chi connectivity index (χ2n) is 5.94. The highest BCUT2D eigenvalue weighted by Gasteiger charge is 2.33. The van der Waals surface area contributed by atoms with Gasteiger partial charge in [0.15, 0.2) is 0 Å². The molecule has 0 fully saturated rings. The third-order valence-corrected chi connectivity index (χ3v) is 5.76. The first-order valence-corrected chi connectivity index (χ1v) is 8.71. The predicted octanol–water partition coefficient (Wildman–Crippen LogP) is 2.69. The van der Waals surface area contributed by atoms with Crippen LogP contribution < -0.4 is 10.6 Å². The van der Waals surface area contributed by atoms with Gasteiger partial charge < -0.3 is 15.7 Å². The van der Waals surface area contributed by atoms with Crippen molar-refractivity contribution in [2.75, 3.05) is 18.4 Å². The number of fused-ring (bicyclic) bond motifs is 3. The van der Waals surface area contributed by atoms with Gasteiger partial charge in [-0.2, -0.15) is 0 Å². The Bertz CT molecular complexity index is 771. The minimum absolute atomic E-state index is 0.0468. The van der Waals surface area contributed by atoms with Gasteiger partial charge in [0.2, 0.25) is 0 Å². The second kappa shape index (κ2) is 5.54. The number of hydrogen-bond acceptors (Lipinski definition) is 5. The maximum absolute atomic E-state index is 12.6. The van der Waals surface area contributed by atoms with Crippen molar-refractivity contribution in [1.29, 1.82) is 0 Å². The summed E-state index contributed by atoms with van der Waals surface area (Å²) in [6.45, 7) is 5.11. The molecule has 5 nitrogen and oxygen atoms in total. The Balaban J connectivity index is 1.69. The Morgan fingerprint density at radius 3 is 2.96 bits per heavy atom. The van der Waals surface area contributed by atoms with E-state index in [0.717, 1.165) is 36.6 Å². The topological polar surface area (TPSA) is 64.6 Å². The van der Waals surface area contributed by atoms with E-state index < -0.39 is 6.17 Å². The van der Waals surface area contributed by atoms with Gasteiger partial charge in [-0.15, -0.1) is 11.3 Å². The first kappa shape index (κ1) is 14.5. The highest BCUT2D eigenvalue weighted by molar-refractivity contribution is 7.16. The Kier molecular flexibility index (Phi) is 3.50. The van der Waals surface area contributed by atoms with Gasteiger partial charge in [0, 0.05) is 23.5 Å². The number of anilines is 1. The minimum atomic E-state index is -0.390. The van der Waals surface area contributed by atoms with Crippen molar-refractivity contribution >= 4 is 22.2 Å². The van der Waals surface area contributed by atoms with Gasteiger partial charge >= 0.3 is 0 Å². The van der Waals surface area contributed by atoms with E-state index in [-0.39, 0.29) is 11.7 Å². The lowest BCUT2D eigenvalue weighted by Crippen LogP contribution is -2.38. The molecule has 0 saturated carbocycles. The van der Waals surface area contributed by atoms with Crippen molar-refractivity contribution in [3.8, 4) is 5.75 Å². The van der Waals surface area contributed by atoms with Crippen molar-refractivity contribution in [2.45, 2.75) is 26.1 Å². The molecule has 1 atom stereocenters. The van der Waals surface area contributed by atoms with E-state index in [9.17, 15) is 9.90 Å². The highest BCUT2D eigenvalue weighted by Crippen LogP contribution is 2.41. The Morgan fingerprint density at radius 2 is 2.17 bits per heavy atom. The molecule has 6 heteroatoms. The van der Waals surface area contributed by atoms with E-state index in [0.29, 0.717) is 5.56 Å². The number of carbonyl (C=O) groups is 1. The molecule has 1 aromatic carbocycles.